The van der Waals surface area contributed by atoms with Gasteiger partial charge < -0.3 is 5.21 Å². The number of hydrogen-bond donors (Lipinski definition) is 1. The topological polar surface area (TPSA) is 79.0 Å². The molecule has 6 nitrogen and oxygen atoms in total. The molecular weight excluding hydrogens is 246 g/mol. The molecule has 6 heteroatoms. The van der Waals surface area contributed by atoms with Crippen molar-refractivity contribution in [2.75, 3.05) is 19.6 Å². The summed E-state index contributed by atoms with van der Waals surface area (Å²) in [6.45, 7) is 2.59. The van der Waals surface area contributed by atoms with Crippen molar-refractivity contribution in [3.8, 4) is 0 Å². The number of likely N-dealkylation sites (tertiary alicyclic amines) is 1. The Bertz CT molecular complexity index is 465. The summed E-state index contributed by atoms with van der Waals surface area (Å²) in [5.74, 6) is 0. The van der Waals surface area contributed by atoms with E-state index in [1.54, 1.807) is 12.1 Å². The first-order chi connectivity index (χ1) is 9.20. The Kier molecular flexibility index (Phi) is 4.46. The quantitative estimate of drug-likeness (QED) is 0.391. The standard InChI is InChI=1S/C13H17N3O3/c17-14-13(10-15-8-2-1-3-9-15)11-4-6-12(7-5-11)16(18)19/h4-7,17H,1-3,8-10H2/b14-13-. The molecular formula is C13H17N3O3. The molecule has 1 N–H and O–H groups in total. The molecule has 2 rings (SSSR count). The minimum absolute atomic E-state index is 0.0408. The zero-order chi connectivity index (χ0) is 13.7. The number of rotatable bonds is 4. The predicted molar refractivity (Wildman–Crippen MR) is 71.7 cm³/mol. The number of oxime groups is 1. The van der Waals surface area contributed by atoms with Crippen LogP contribution in [0, 0.1) is 10.1 Å². The van der Waals surface area contributed by atoms with Gasteiger partial charge in [0.15, 0.2) is 0 Å². The number of piperidine rings is 1. The van der Waals surface area contributed by atoms with Crippen LogP contribution >= 0.6 is 0 Å². The van der Waals surface area contributed by atoms with Crippen LogP contribution in [0.3, 0.4) is 0 Å². The highest BCUT2D eigenvalue weighted by Gasteiger charge is 2.15. The fourth-order valence-electron chi connectivity index (χ4n) is 2.29. The summed E-state index contributed by atoms with van der Waals surface area (Å²) < 4.78 is 0. The van der Waals surface area contributed by atoms with Gasteiger partial charge >= 0.3 is 0 Å². The van der Waals surface area contributed by atoms with Crippen LogP contribution in [0.4, 0.5) is 5.69 Å². The number of hydrogen-bond acceptors (Lipinski definition) is 5. The van der Waals surface area contributed by atoms with E-state index < -0.39 is 4.92 Å². The van der Waals surface area contributed by atoms with Crippen LogP contribution in [0.25, 0.3) is 0 Å². The molecule has 1 aliphatic rings. The number of benzene rings is 1. The summed E-state index contributed by atoms with van der Waals surface area (Å²) in [6, 6.07) is 6.10. The molecule has 0 amide bonds. The van der Waals surface area contributed by atoms with E-state index in [0.717, 1.165) is 18.7 Å². The molecule has 0 aliphatic carbocycles. The summed E-state index contributed by atoms with van der Waals surface area (Å²) in [4.78, 5) is 12.4. The van der Waals surface area contributed by atoms with E-state index in [2.05, 4.69) is 10.1 Å². The van der Waals surface area contributed by atoms with Crippen LogP contribution in [0.1, 0.15) is 24.8 Å². The molecule has 0 spiro atoms. The van der Waals surface area contributed by atoms with E-state index in [1.807, 2.05) is 0 Å². The third-order valence-electron chi connectivity index (χ3n) is 3.35. The molecule has 1 fully saturated rings. The van der Waals surface area contributed by atoms with Crippen molar-refractivity contribution in [1.29, 1.82) is 0 Å². The van der Waals surface area contributed by atoms with Gasteiger partial charge in [-0.3, -0.25) is 15.0 Å². The van der Waals surface area contributed by atoms with Gasteiger partial charge in [0.05, 0.1) is 4.92 Å². The second-order valence-electron chi connectivity index (χ2n) is 4.69. The van der Waals surface area contributed by atoms with Crippen molar-refractivity contribution in [3.63, 3.8) is 0 Å². The molecule has 1 aromatic carbocycles. The van der Waals surface area contributed by atoms with Gasteiger partial charge in [-0.2, -0.15) is 0 Å². The normalized spacial score (nSPS) is 17.4. The number of nitro benzene ring substituents is 1. The molecule has 0 bridgehead atoms. The van der Waals surface area contributed by atoms with Gasteiger partial charge in [-0.15, -0.1) is 0 Å². The van der Waals surface area contributed by atoms with Gasteiger partial charge in [-0.05, 0) is 38.1 Å². The maximum absolute atomic E-state index is 10.6. The Balaban J connectivity index is 2.06. The Morgan fingerprint density at radius 2 is 1.89 bits per heavy atom. The Morgan fingerprint density at radius 3 is 2.42 bits per heavy atom. The van der Waals surface area contributed by atoms with E-state index in [4.69, 9.17) is 5.21 Å². The summed E-state index contributed by atoms with van der Waals surface area (Å²) in [5.41, 5.74) is 1.31. The second kappa shape index (κ2) is 6.29. The van der Waals surface area contributed by atoms with Crippen molar-refractivity contribution in [2.24, 2.45) is 5.16 Å². The molecule has 1 heterocycles. The molecule has 1 aliphatic heterocycles. The largest absolute Gasteiger partial charge is 0.411 e. The summed E-state index contributed by atoms with van der Waals surface area (Å²) in [5, 5.41) is 23.0. The molecule has 1 aromatic rings. The molecule has 102 valence electrons. The van der Waals surface area contributed by atoms with Crippen molar-refractivity contribution < 1.29 is 10.1 Å². The van der Waals surface area contributed by atoms with Crippen LogP contribution in [-0.2, 0) is 0 Å². The number of nitrogens with zero attached hydrogens (tertiary/aromatic N) is 3. The third-order valence-corrected chi connectivity index (χ3v) is 3.35. The fraction of sp³-hybridized carbons (Fsp3) is 0.462. The van der Waals surface area contributed by atoms with Crippen LogP contribution in [0.2, 0.25) is 0 Å². The van der Waals surface area contributed by atoms with Gasteiger partial charge in [0.1, 0.15) is 5.71 Å². The average Bonchev–Trinajstić information content (AvgIpc) is 2.46. The van der Waals surface area contributed by atoms with Crippen molar-refractivity contribution in [1.82, 2.24) is 4.90 Å². The Hall–Kier alpha value is -1.95. The second-order valence-corrected chi connectivity index (χ2v) is 4.69. The highest BCUT2D eigenvalue weighted by atomic mass is 16.6. The minimum Gasteiger partial charge on any atom is -0.411 e. The first-order valence-electron chi connectivity index (χ1n) is 6.39. The average molecular weight is 263 g/mol. The monoisotopic (exact) mass is 263 g/mol. The lowest BCUT2D eigenvalue weighted by molar-refractivity contribution is -0.384. The summed E-state index contributed by atoms with van der Waals surface area (Å²) in [7, 11) is 0. The molecule has 0 aromatic heterocycles. The van der Waals surface area contributed by atoms with E-state index in [-0.39, 0.29) is 5.69 Å². The zero-order valence-electron chi connectivity index (χ0n) is 10.7. The molecule has 0 atom stereocenters. The van der Waals surface area contributed by atoms with Crippen molar-refractivity contribution in [2.45, 2.75) is 19.3 Å². The number of non-ortho nitro benzene ring substituents is 1. The SMILES string of the molecule is O=[N+]([O-])c1ccc(/C(CN2CCCCC2)=N\O)cc1. The maximum atomic E-state index is 10.6. The van der Waals surface area contributed by atoms with Crippen molar-refractivity contribution in [3.05, 3.63) is 39.9 Å². The van der Waals surface area contributed by atoms with E-state index >= 15 is 0 Å². The first-order valence-corrected chi connectivity index (χ1v) is 6.39. The summed E-state index contributed by atoms with van der Waals surface area (Å²) in [6.07, 6.45) is 3.58. The van der Waals surface area contributed by atoms with Gasteiger partial charge in [-0.25, -0.2) is 0 Å². The fourth-order valence-corrected chi connectivity index (χ4v) is 2.29. The molecule has 19 heavy (non-hydrogen) atoms. The Morgan fingerprint density at radius 1 is 1.26 bits per heavy atom. The lowest BCUT2D eigenvalue weighted by Gasteiger charge is -2.26. The number of nitro groups is 1. The van der Waals surface area contributed by atoms with Crippen molar-refractivity contribution >= 4 is 11.4 Å². The molecule has 0 unspecified atom stereocenters. The van der Waals surface area contributed by atoms with Crippen LogP contribution < -0.4 is 0 Å². The van der Waals surface area contributed by atoms with Gasteiger partial charge in [0.25, 0.3) is 5.69 Å². The molecule has 0 saturated carbocycles. The predicted octanol–water partition coefficient (Wildman–Crippen LogP) is 2.26. The smallest absolute Gasteiger partial charge is 0.269 e. The zero-order valence-corrected chi connectivity index (χ0v) is 10.7. The Labute approximate surface area is 111 Å². The summed E-state index contributed by atoms with van der Waals surface area (Å²) >= 11 is 0. The first kappa shape index (κ1) is 13.5. The maximum Gasteiger partial charge on any atom is 0.269 e. The highest BCUT2D eigenvalue weighted by Crippen LogP contribution is 2.14. The van der Waals surface area contributed by atoms with Gasteiger partial charge in [-0.1, -0.05) is 11.6 Å². The lowest BCUT2D eigenvalue weighted by atomic mass is 10.1. The van der Waals surface area contributed by atoms with Crippen LogP contribution in [0.5, 0.6) is 0 Å². The highest BCUT2D eigenvalue weighted by molar-refractivity contribution is 6.01. The van der Waals surface area contributed by atoms with E-state index in [9.17, 15) is 10.1 Å². The van der Waals surface area contributed by atoms with Gasteiger partial charge in [0.2, 0.25) is 0 Å². The van der Waals surface area contributed by atoms with Crippen LogP contribution in [-0.4, -0.2) is 40.4 Å². The molecule has 0 radical (unpaired) electrons. The third kappa shape index (κ3) is 3.51. The van der Waals surface area contributed by atoms with E-state index in [1.165, 1.54) is 31.4 Å². The van der Waals surface area contributed by atoms with Gasteiger partial charge in [0, 0.05) is 24.2 Å². The lowest BCUT2D eigenvalue weighted by Crippen LogP contribution is -2.34. The minimum atomic E-state index is -0.440. The van der Waals surface area contributed by atoms with Crippen LogP contribution in [0.15, 0.2) is 29.4 Å². The molecule has 1 saturated heterocycles. The van der Waals surface area contributed by atoms with E-state index in [0.29, 0.717) is 12.3 Å².